The topological polar surface area (TPSA) is 22.1 Å². The highest BCUT2D eigenvalue weighted by Gasteiger charge is 2.05. The molecular weight excluding hydrogens is 289 g/mol. The standard InChI is InChI=1S/C13H13Cl2NOS/c1-2-3-13-16-10(8-18-13)7-17-12-6-9(14)4-5-11(12)15/h4-6,8H,2-3,7H2,1H3. The minimum atomic E-state index is 0.417. The number of ether oxygens (including phenoxy) is 1. The summed E-state index contributed by atoms with van der Waals surface area (Å²) >= 11 is 13.6. The molecule has 2 rings (SSSR count). The van der Waals surface area contributed by atoms with Gasteiger partial charge in [-0.2, -0.15) is 0 Å². The first-order valence-electron chi connectivity index (χ1n) is 5.70. The van der Waals surface area contributed by atoms with E-state index in [1.807, 2.05) is 5.38 Å². The third kappa shape index (κ3) is 3.61. The summed E-state index contributed by atoms with van der Waals surface area (Å²) in [6.45, 7) is 2.56. The van der Waals surface area contributed by atoms with Crippen molar-refractivity contribution in [3.05, 3.63) is 44.3 Å². The van der Waals surface area contributed by atoms with Crippen molar-refractivity contribution in [3.8, 4) is 5.75 Å². The molecule has 0 aliphatic carbocycles. The molecule has 1 heterocycles. The van der Waals surface area contributed by atoms with Crippen LogP contribution in [0, 0.1) is 0 Å². The number of aromatic nitrogens is 1. The number of rotatable bonds is 5. The van der Waals surface area contributed by atoms with Crippen LogP contribution in [0.1, 0.15) is 24.0 Å². The van der Waals surface area contributed by atoms with Gasteiger partial charge in [0.25, 0.3) is 0 Å². The van der Waals surface area contributed by atoms with Crippen LogP contribution < -0.4 is 4.74 Å². The van der Waals surface area contributed by atoms with E-state index in [2.05, 4.69) is 11.9 Å². The maximum absolute atomic E-state index is 6.02. The summed E-state index contributed by atoms with van der Waals surface area (Å²) in [7, 11) is 0. The number of nitrogens with zero attached hydrogens (tertiary/aromatic N) is 1. The Morgan fingerprint density at radius 1 is 1.33 bits per heavy atom. The van der Waals surface area contributed by atoms with Gasteiger partial charge in [0.2, 0.25) is 0 Å². The molecular formula is C13H13Cl2NOS. The number of halogens is 2. The third-order valence-electron chi connectivity index (χ3n) is 2.33. The second kappa shape index (κ2) is 6.41. The number of hydrogen-bond acceptors (Lipinski definition) is 3. The van der Waals surface area contributed by atoms with E-state index in [1.54, 1.807) is 29.5 Å². The van der Waals surface area contributed by atoms with Gasteiger partial charge in [0.05, 0.1) is 15.7 Å². The second-order valence-electron chi connectivity index (χ2n) is 3.85. The normalized spacial score (nSPS) is 10.6. The number of thiazole rings is 1. The summed E-state index contributed by atoms with van der Waals surface area (Å²) in [5.74, 6) is 0.592. The van der Waals surface area contributed by atoms with Crippen LogP contribution in [-0.4, -0.2) is 4.98 Å². The molecule has 0 aliphatic heterocycles. The molecule has 0 atom stereocenters. The molecule has 96 valence electrons. The maximum atomic E-state index is 6.02. The van der Waals surface area contributed by atoms with E-state index in [4.69, 9.17) is 27.9 Å². The highest BCUT2D eigenvalue weighted by molar-refractivity contribution is 7.09. The zero-order valence-electron chi connectivity index (χ0n) is 9.95. The van der Waals surface area contributed by atoms with Gasteiger partial charge < -0.3 is 4.74 Å². The Hall–Kier alpha value is -0.770. The molecule has 1 aromatic carbocycles. The molecule has 1 aromatic heterocycles. The Labute approximate surface area is 121 Å². The molecule has 0 saturated heterocycles. The van der Waals surface area contributed by atoms with Crippen LogP contribution in [0.15, 0.2) is 23.6 Å². The molecule has 0 radical (unpaired) electrons. The van der Waals surface area contributed by atoms with E-state index in [0.29, 0.717) is 22.4 Å². The average molecular weight is 302 g/mol. The first-order valence-corrected chi connectivity index (χ1v) is 7.33. The minimum Gasteiger partial charge on any atom is -0.486 e. The van der Waals surface area contributed by atoms with E-state index in [9.17, 15) is 0 Å². The van der Waals surface area contributed by atoms with Crippen molar-refractivity contribution in [1.82, 2.24) is 4.98 Å². The van der Waals surface area contributed by atoms with Gasteiger partial charge in [0.15, 0.2) is 0 Å². The van der Waals surface area contributed by atoms with Gasteiger partial charge in [-0.15, -0.1) is 11.3 Å². The summed E-state index contributed by atoms with van der Waals surface area (Å²) in [6, 6.07) is 5.17. The summed E-state index contributed by atoms with van der Waals surface area (Å²) in [6.07, 6.45) is 2.12. The smallest absolute Gasteiger partial charge is 0.139 e. The van der Waals surface area contributed by atoms with Gasteiger partial charge in [-0.25, -0.2) is 4.98 Å². The molecule has 2 nitrogen and oxygen atoms in total. The largest absolute Gasteiger partial charge is 0.486 e. The van der Waals surface area contributed by atoms with Crippen molar-refractivity contribution in [2.75, 3.05) is 0 Å². The highest BCUT2D eigenvalue weighted by atomic mass is 35.5. The fourth-order valence-corrected chi connectivity index (χ4v) is 2.70. The lowest BCUT2D eigenvalue weighted by Gasteiger charge is -2.06. The Kier molecular flexibility index (Phi) is 4.87. The van der Waals surface area contributed by atoms with Crippen LogP contribution in [0.4, 0.5) is 0 Å². The van der Waals surface area contributed by atoms with Crippen molar-refractivity contribution in [2.45, 2.75) is 26.4 Å². The lowest BCUT2D eigenvalue weighted by molar-refractivity contribution is 0.302. The molecule has 2 aromatic rings. The summed E-state index contributed by atoms with van der Waals surface area (Å²) in [5.41, 5.74) is 0.930. The van der Waals surface area contributed by atoms with E-state index in [0.717, 1.165) is 23.5 Å². The number of hydrogen-bond donors (Lipinski definition) is 0. The average Bonchev–Trinajstić information content (AvgIpc) is 2.79. The predicted octanol–water partition coefficient (Wildman–Crippen LogP) is 4.98. The highest BCUT2D eigenvalue weighted by Crippen LogP contribution is 2.28. The Balaban J connectivity index is 1.99. The molecule has 0 unspecified atom stereocenters. The van der Waals surface area contributed by atoms with Gasteiger partial charge in [-0.3, -0.25) is 0 Å². The van der Waals surface area contributed by atoms with Crippen molar-refractivity contribution in [2.24, 2.45) is 0 Å². The van der Waals surface area contributed by atoms with E-state index in [-0.39, 0.29) is 0 Å². The maximum Gasteiger partial charge on any atom is 0.139 e. The van der Waals surface area contributed by atoms with Crippen LogP contribution in [0.2, 0.25) is 10.0 Å². The molecule has 18 heavy (non-hydrogen) atoms. The van der Waals surface area contributed by atoms with Crippen LogP contribution in [0.5, 0.6) is 5.75 Å². The Morgan fingerprint density at radius 3 is 2.94 bits per heavy atom. The van der Waals surface area contributed by atoms with Gasteiger partial charge in [0.1, 0.15) is 12.4 Å². The van der Waals surface area contributed by atoms with Gasteiger partial charge >= 0.3 is 0 Å². The lowest BCUT2D eigenvalue weighted by Crippen LogP contribution is -1.96. The molecule has 0 fully saturated rings. The molecule has 0 amide bonds. The van der Waals surface area contributed by atoms with Crippen LogP contribution in [0.25, 0.3) is 0 Å². The molecule has 0 aliphatic rings. The van der Waals surface area contributed by atoms with Crippen molar-refractivity contribution < 1.29 is 4.74 Å². The van der Waals surface area contributed by atoms with Crippen molar-refractivity contribution in [3.63, 3.8) is 0 Å². The fourth-order valence-electron chi connectivity index (χ4n) is 1.48. The van der Waals surface area contributed by atoms with Crippen molar-refractivity contribution in [1.29, 1.82) is 0 Å². The Morgan fingerprint density at radius 2 is 2.17 bits per heavy atom. The summed E-state index contributed by atoms with van der Waals surface area (Å²) in [5, 5.41) is 4.33. The number of aryl methyl sites for hydroxylation is 1. The third-order valence-corrected chi connectivity index (χ3v) is 3.84. The monoisotopic (exact) mass is 301 g/mol. The first-order chi connectivity index (χ1) is 8.69. The first kappa shape index (κ1) is 13.7. The van der Waals surface area contributed by atoms with Gasteiger partial charge in [-0.1, -0.05) is 30.1 Å². The molecule has 0 spiro atoms. The summed E-state index contributed by atoms with van der Waals surface area (Å²) < 4.78 is 5.62. The number of benzene rings is 1. The van der Waals surface area contributed by atoms with E-state index < -0.39 is 0 Å². The molecule has 5 heteroatoms. The zero-order chi connectivity index (χ0) is 13.0. The van der Waals surface area contributed by atoms with Gasteiger partial charge in [-0.05, 0) is 25.0 Å². The molecule has 0 saturated carbocycles. The van der Waals surface area contributed by atoms with Crippen LogP contribution in [-0.2, 0) is 13.0 Å². The van der Waals surface area contributed by atoms with Crippen molar-refractivity contribution >= 4 is 34.5 Å². The Bertz CT molecular complexity index is 527. The SMILES string of the molecule is CCCc1nc(COc2cc(Cl)ccc2Cl)cs1. The van der Waals surface area contributed by atoms with Gasteiger partial charge in [0, 0.05) is 16.5 Å². The lowest BCUT2D eigenvalue weighted by atomic mass is 10.3. The predicted molar refractivity (Wildman–Crippen MR) is 76.9 cm³/mol. The minimum absolute atomic E-state index is 0.417. The van der Waals surface area contributed by atoms with E-state index >= 15 is 0 Å². The second-order valence-corrected chi connectivity index (χ2v) is 5.63. The van der Waals surface area contributed by atoms with Crippen LogP contribution in [0.3, 0.4) is 0 Å². The zero-order valence-corrected chi connectivity index (χ0v) is 12.3. The quantitative estimate of drug-likeness (QED) is 0.777. The van der Waals surface area contributed by atoms with E-state index in [1.165, 1.54) is 0 Å². The molecule has 0 N–H and O–H groups in total. The summed E-state index contributed by atoms with van der Waals surface area (Å²) in [4.78, 5) is 4.48. The fraction of sp³-hybridized carbons (Fsp3) is 0.308. The van der Waals surface area contributed by atoms with Crippen LogP contribution >= 0.6 is 34.5 Å². The molecule has 0 bridgehead atoms.